The van der Waals surface area contributed by atoms with Gasteiger partial charge in [0, 0.05) is 17.5 Å². The van der Waals surface area contributed by atoms with Crippen molar-refractivity contribution in [2.75, 3.05) is 0 Å². The zero-order valence-corrected chi connectivity index (χ0v) is 10.8. The van der Waals surface area contributed by atoms with Crippen LogP contribution in [-0.4, -0.2) is 20.4 Å². The van der Waals surface area contributed by atoms with Crippen molar-refractivity contribution in [2.24, 2.45) is 0 Å². The number of aromatic hydroxyl groups is 4. The molecule has 0 bridgehead atoms. The third-order valence-corrected chi connectivity index (χ3v) is 3.35. The molecule has 4 N–H and O–H groups in total. The van der Waals surface area contributed by atoms with Crippen molar-refractivity contribution < 1.29 is 20.4 Å². The minimum atomic E-state index is 0.0186. The molecule has 0 saturated carbocycles. The molecule has 0 atom stereocenters. The molecule has 0 heterocycles. The molecule has 0 radical (unpaired) electrons. The average Bonchev–Trinajstić information content (AvgIpc) is 2.39. The number of rotatable bonds is 2. The first-order valence-corrected chi connectivity index (χ1v) is 5.92. The maximum absolute atomic E-state index is 9.96. The summed E-state index contributed by atoms with van der Waals surface area (Å²) in [5, 5.41) is 38.9. The van der Waals surface area contributed by atoms with Gasteiger partial charge in [-0.1, -0.05) is 12.1 Å². The molecule has 0 aliphatic rings. The number of hydrogen-bond acceptors (Lipinski definition) is 4. The van der Waals surface area contributed by atoms with Gasteiger partial charge in [-0.05, 0) is 37.1 Å². The molecule has 0 spiro atoms. The fourth-order valence-electron chi connectivity index (χ4n) is 1.98. The van der Waals surface area contributed by atoms with Crippen molar-refractivity contribution in [3.05, 3.63) is 46.5 Å². The van der Waals surface area contributed by atoms with Gasteiger partial charge in [-0.15, -0.1) is 0 Å². The lowest BCUT2D eigenvalue weighted by Crippen LogP contribution is -1.93. The average molecular weight is 260 g/mol. The largest absolute Gasteiger partial charge is 0.508 e. The Morgan fingerprint density at radius 1 is 0.684 bits per heavy atom. The molecule has 0 fully saturated rings. The highest BCUT2D eigenvalue weighted by molar-refractivity contribution is 5.53. The van der Waals surface area contributed by atoms with E-state index in [1.54, 1.807) is 26.0 Å². The highest BCUT2D eigenvalue weighted by atomic mass is 16.3. The Hall–Kier alpha value is -2.36. The van der Waals surface area contributed by atoms with E-state index >= 15 is 0 Å². The second kappa shape index (κ2) is 4.72. The van der Waals surface area contributed by atoms with E-state index in [1.165, 1.54) is 12.1 Å². The van der Waals surface area contributed by atoms with Gasteiger partial charge in [0.05, 0.1) is 0 Å². The van der Waals surface area contributed by atoms with Gasteiger partial charge in [-0.25, -0.2) is 0 Å². The van der Waals surface area contributed by atoms with Crippen LogP contribution in [-0.2, 0) is 6.42 Å². The Labute approximate surface area is 111 Å². The number of phenols is 4. The maximum atomic E-state index is 9.96. The van der Waals surface area contributed by atoms with Crippen LogP contribution in [0.1, 0.15) is 22.3 Å². The van der Waals surface area contributed by atoms with Gasteiger partial charge in [0.15, 0.2) is 0 Å². The van der Waals surface area contributed by atoms with E-state index in [-0.39, 0.29) is 23.0 Å². The lowest BCUT2D eigenvalue weighted by atomic mass is 9.98. The van der Waals surface area contributed by atoms with E-state index < -0.39 is 0 Å². The summed E-state index contributed by atoms with van der Waals surface area (Å²) in [5.41, 5.74) is 2.03. The van der Waals surface area contributed by atoms with E-state index in [4.69, 9.17) is 0 Å². The molecule has 2 aromatic rings. The summed E-state index contributed by atoms with van der Waals surface area (Å²) in [4.78, 5) is 0. The van der Waals surface area contributed by atoms with Crippen molar-refractivity contribution in [2.45, 2.75) is 20.3 Å². The SMILES string of the molecule is Cc1c(O)ccc(Cc2ccc(O)c(C)c2O)c1O. The first-order valence-electron chi connectivity index (χ1n) is 5.92. The Morgan fingerprint density at radius 2 is 1.05 bits per heavy atom. The highest BCUT2D eigenvalue weighted by Gasteiger charge is 2.13. The Kier molecular flexibility index (Phi) is 3.25. The molecule has 0 aliphatic heterocycles. The quantitative estimate of drug-likeness (QED) is 0.669. The molecule has 100 valence electrons. The zero-order valence-electron chi connectivity index (χ0n) is 10.8. The summed E-state index contributed by atoms with van der Waals surface area (Å²) in [6.07, 6.45) is 0.319. The molecule has 0 amide bonds. The van der Waals surface area contributed by atoms with Crippen molar-refractivity contribution in [1.29, 1.82) is 0 Å². The summed E-state index contributed by atoms with van der Waals surface area (Å²) < 4.78 is 0. The fraction of sp³-hybridized carbons (Fsp3) is 0.200. The molecule has 4 nitrogen and oxygen atoms in total. The highest BCUT2D eigenvalue weighted by Crippen LogP contribution is 2.35. The number of benzene rings is 2. The van der Waals surface area contributed by atoms with Gasteiger partial charge in [0.2, 0.25) is 0 Å². The molecule has 0 saturated heterocycles. The summed E-state index contributed by atoms with van der Waals surface area (Å²) >= 11 is 0. The first-order chi connectivity index (χ1) is 8.91. The van der Waals surface area contributed by atoms with E-state index in [1.807, 2.05) is 0 Å². The first kappa shape index (κ1) is 13.1. The summed E-state index contributed by atoms with van der Waals surface area (Å²) in [7, 11) is 0. The van der Waals surface area contributed by atoms with Crippen molar-refractivity contribution in [1.82, 2.24) is 0 Å². The molecule has 19 heavy (non-hydrogen) atoms. The standard InChI is InChI=1S/C15H16O4/c1-8-12(16)5-3-10(14(8)18)7-11-4-6-13(17)9(2)15(11)19/h3-6,16-19H,7H2,1-2H3. The van der Waals surface area contributed by atoms with Crippen LogP contribution in [0.5, 0.6) is 23.0 Å². The van der Waals surface area contributed by atoms with Crippen LogP contribution >= 0.6 is 0 Å². The van der Waals surface area contributed by atoms with Gasteiger partial charge in [0.25, 0.3) is 0 Å². The van der Waals surface area contributed by atoms with Crippen LogP contribution in [0.25, 0.3) is 0 Å². The second-order valence-electron chi connectivity index (χ2n) is 4.61. The lowest BCUT2D eigenvalue weighted by Gasteiger charge is -2.11. The van der Waals surface area contributed by atoms with Gasteiger partial charge in [-0.2, -0.15) is 0 Å². The molecule has 0 aromatic heterocycles. The third kappa shape index (κ3) is 2.29. The fourth-order valence-corrected chi connectivity index (χ4v) is 1.98. The topological polar surface area (TPSA) is 80.9 Å². The predicted molar refractivity (Wildman–Crippen MR) is 71.8 cm³/mol. The minimum absolute atomic E-state index is 0.0186. The van der Waals surface area contributed by atoms with E-state index in [2.05, 4.69) is 0 Å². The van der Waals surface area contributed by atoms with Gasteiger partial charge in [-0.3, -0.25) is 0 Å². The van der Waals surface area contributed by atoms with Gasteiger partial charge >= 0.3 is 0 Å². The molecular formula is C15H16O4. The van der Waals surface area contributed by atoms with E-state index in [0.717, 1.165) is 0 Å². The molecular weight excluding hydrogens is 244 g/mol. The monoisotopic (exact) mass is 260 g/mol. The maximum Gasteiger partial charge on any atom is 0.125 e. The van der Waals surface area contributed by atoms with Crippen LogP contribution in [0.3, 0.4) is 0 Å². The summed E-state index contributed by atoms with van der Waals surface area (Å²) in [5.74, 6) is 0.106. The van der Waals surface area contributed by atoms with Crippen molar-refractivity contribution in [3.8, 4) is 23.0 Å². The Bertz CT molecular complexity index is 577. The Balaban J connectivity index is 2.43. The minimum Gasteiger partial charge on any atom is -0.508 e. The molecule has 0 unspecified atom stereocenters. The van der Waals surface area contributed by atoms with Crippen molar-refractivity contribution >= 4 is 0 Å². The van der Waals surface area contributed by atoms with Gasteiger partial charge < -0.3 is 20.4 Å². The van der Waals surface area contributed by atoms with Crippen molar-refractivity contribution in [3.63, 3.8) is 0 Å². The van der Waals surface area contributed by atoms with E-state index in [0.29, 0.717) is 28.7 Å². The number of hydrogen-bond donors (Lipinski definition) is 4. The molecule has 4 heteroatoms. The van der Waals surface area contributed by atoms with Gasteiger partial charge in [0.1, 0.15) is 23.0 Å². The Morgan fingerprint density at radius 3 is 1.42 bits per heavy atom. The number of phenolic OH excluding ortho intramolecular Hbond substituents is 4. The van der Waals surface area contributed by atoms with Crippen LogP contribution in [0.2, 0.25) is 0 Å². The van der Waals surface area contributed by atoms with Crippen LogP contribution < -0.4 is 0 Å². The summed E-state index contributed by atoms with van der Waals surface area (Å²) in [6, 6.07) is 6.24. The van der Waals surface area contributed by atoms with E-state index in [9.17, 15) is 20.4 Å². The summed E-state index contributed by atoms with van der Waals surface area (Å²) in [6.45, 7) is 3.24. The lowest BCUT2D eigenvalue weighted by molar-refractivity contribution is 0.435. The second-order valence-corrected chi connectivity index (χ2v) is 4.61. The van der Waals surface area contributed by atoms with Crippen LogP contribution in [0, 0.1) is 13.8 Å². The smallest absolute Gasteiger partial charge is 0.125 e. The third-order valence-electron chi connectivity index (χ3n) is 3.35. The molecule has 0 aliphatic carbocycles. The molecule has 2 rings (SSSR count). The predicted octanol–water partition coefficient (Wildman–Crippen LogP) is 2.72. The zero-order chi connectivity index (χ0) is 14.2. The molecule has 2 aromatic carbocycles. The normalized spacial score (nSPS) is 10.6. The van der Waals surface area contributed by atoms with Crippen LogP contribution in [0.15, 0.2) is 24.3 Å². The van der Waals surface area contributed by atoms with Crippen LogP contribution in [0.4, 0.5) is 0 Å².